The number of nitrogens with one attached hydrogen (secondary N) is 1. The normalized spacial score (nSPS) is 14.1. The number of morpholine rings is 1. The monoisotopic (exact) mass is 526 g/mol. The van der Waals surface area contributed by atoms with Crippen LogP contribution in [0.5, 0.6) is 0 Å². The molecule has 2 aromatic heterocycles. The predicted molar refractivity (Wildman–Crippen MR) is 149 cm³/mol. The Balaban J connectivity index is 1.27. The summed E-state index contributed by atoms with van der Waals surface area (Å²) in [5.74, 6) is 0.647. The van der Waals surface area contributed by atoms with Gasteiger partial charge in [0.05, 0.1) is 29.1 Å². The fraction of sp³-hybridized carbons (Fsp3) is 0.143. The van der Waals surface area contributed by atoms with Gasteiger partial charge in [0.25, 0.3) is 10.0 Å². The lowest BCUT2D eigenvalue weighted by Gasteiger charge is -2.29. The second-order valence-electron chi connectivity index (χ2n) is 8.98. The molecule has 1 saturated heterocycles. The fourth-order valence-electron chi connectivity index (χ4n) is 4.60. The van der Waals surface area contributed by atoms with E-state index in [-0.39, 0.29) is 10.7 Å². The van der Waals surface area contributed by atoms with Crippen LogP contribution in [0.25, 0.3) is 27.8 Å². The smallest absolute Gasteiger partial charge is 0.263 e. The Labute approximate surface area is 220 Å². The Kier molecular flexibility index (Phi) is 6.18. The van der Waals surface area contributed by atoms with Crippen molar-refractivity contribution in [3.05, 3.63) is 91.1 Å². The lowest BCUT2D eigenvalue weighted by atomic mass is 10.1. The Hall–Kier alpha value is -4.41. The van der Waals surface area contributed by atoms with E-state index in [1.54, 1.807) is 30.5 Å². The van der Waals surface area contributed by atoms with Crippen molar-refractivity contribution in [1.82, 2.24) is 14.5 Å². The van der Waals surface area contributed by atoms with E-state index in [1.807, 2.05) is 41.0 Å². The molecule has 5 aromatic rings. The molecule has 1 fully saturated rings. The summed E-state index contributed by atoms with van der Waals surface area (Å²) in [6, 6.07) is 25.8. The van der Waals surface area contributed by atoms with Crippen molar-refractivity contribution in [2.45, 2.75) is 4.90 Å². The summed E-state index contributed by atoms with van der Waals surface area (Å²) >= 11 is 0. The number of imidazole rings is 1. The summed E-state index contributed by atoms with van der Waals surface area (Å²) in [7, 11) is -3.71. The van der Waals surface area contributed by atoms with Crippen molar-refractivity contribution in [1.29, 1.82) is 0 Å². The number of hydrogen-bond acceptors (Lipinski definition) is 7. The van der Waals surface area contributed by atoms with Crippen molar-refractivity contribution >= 4 is 38.5 Å². The molecule has 0 unspecified atom stereocenters. The summed E-state index contributed by atoms with van der Waals surface area (Å²) in [6.45, 7) is 3.22. The maximum Gasteiger partial charge on any atom is 0.263 e. The summed E-state index contributed by atoms with van der Waals surface area (Å²) in [4.78, 5) is 11.4. The van der Waals surface area contributed by atoms with Gasteiger partial charge < -0.3 is 15.4 Å². The topological polar surface area (TPSA) is 115 Å². The van der Waals surface area contributed by atoms with Crippen LogP contribution < -0.4 is 15.4 Å². The highest BCUT2D eigenvalue weighted by atomic mass is 32.2. The van der Waals surface area contributed by atoms with Crippen molar-refractivity contribution < 1.29 is 13.2 Å². The van der Waals surface area contributed by atoms with Gasteiger partial charge in [-0.1, -0.05) is 24.3 Å². The van der Waals surface area contributed by atoms with Crippen LogP contribution in [0.2, 0.25) is 0 Å². The number of hydrogen-bond donors (Lipinski definition) is 2. The van der Waals surface area contributed by atoms with Crippen LogP contribution in [-0.2, 0) is 14.8 Å². The molecule has 10 heteroatoms. The first-order chi connectivity index (χ1) is 18.5. The first-order valence-electron chi connectivity index (χ1n) is 12.2. The van der Waals surface area contributed by atoms with E-state index >= 15 is 0 Å². The minimum Gasteiger partial charge on any atom is -0.378 e. The van der Waals surface area contributed by atoms with Crippen LogP contribution in [0.3, 0.4) is 0 Å². The van der Waals surface area contributed by atoms with E-state index in [2.05, 4.69) is 31.7 Å². The number of benzene rings is 3. The van der Waals surface area contributed by atoms with Crippen molar-refractivity contribution in [3.8, 4) is 16.8 Å². The molecular formula is C28H26N6O3S. The third-order valence-electron chi connectivity index (χ3n) is 6.55. The zero-order valence-electron chi connectivity index (χ0n) is 20.5. The number of pyridine rings is 1. The largest absolute Gasteiger partial charge is 0.378 e. The van der Waals surface area contributed by atoms with E-state index in [1.165, 1.54) is 12.1 Å². The minimum atomic E-state index is -3.71. The van der Waals surface area contributed by atoms with Crippen LogP contribution in [0.15, 0.2) is 96.0 Å². The first-order valence-corrected chi connectivity index (χ1v) is 13.7. The lowest BCUT2D eigenvalue weighted by molar-refractivity contribution is 0.122. The van der Waals surface area contributed by atoms with E-state index in [0.29, 0.717) is 5.95 Å². The molecule has 3 heterocycles. The standard InChI is InChI=1S/C28H26N6O3S/c29-28-31-25-12-6-20(21-7-13-27(30-19-21)32-38(35,36)24-4-2-1-3-5-24)18-26(25)34(28)23-10-8-22(9-11-23)33-14-16-37-17-15-33/h1-13,18-19H,14-17H2,(H2,29,31)(H,30,32). The number of fused-ring (bicyclic) bond motifs is 1. The molecule has 192 valence electrons. The summed E-state index contributed by atoms with van der Waals surface area (Å²) in [5, 5.41) is 0. The van der Waals surface area contributed by atoms with Gasteiger partial charge in [-0.25, -0.2) is 18.4 Å². The molecule has 0 radical (unpaired) electrons. The van der Waals surface area contributed by atoms with E-state index < -0.39 is 10.0 Å². The Morgan fingerprint density at radius 2 is 1.55 bits per heavy atom. The fourth-order valence-corrected chi connectivity index (χ4v) is 5.63. The Morgan fingerprint density at radius 1 is 0.842 bits per heavy atom. The van der Waals surface area contributed by atoms with Crippen LogP contribution in [0.4, 0.5) is 17.5 Å². The molecule has 3 N–H and O–H groups in total. The van der Waals surface area contributed by atoms with Crippen LogP contribution in [-0.4, -0.2) is 49.3 Å². The quantitative estimate of drug-likeness (QED) is 0.339. The summed E-state index contributed by atoms with van der Waals surface area (Å²) < 4.78 is 35.1. The number of anilines is 3. The van der Waals surface area contributed by atoms with Gasteiger partial charge in [-0.15, -0.1) is 0 Å². The summed E-state index contributed by atoms with van der Waals surface area (Å²) in [5.41, 5.74) is 11.8. The predicted octanol–water partition coefficient (Wildman–Crippen LogP) is 4.31. The van der Waals surface area contributed by atoms with Gasteiger partial charge in [-0.3, -0.25) is 9.29 Å². The second kappa shape index (κ2) is 9.81. The maximum atomic E-state index is 12.6. The highest BCUT2D eigenvalue weighted by Crippen LogP contribution is 2.30. The number of nitrogen functional groups attached to an aromatic ring is 1. The minimum absolute atomic E-state index is 0.181. The third kappa shape index (κ3) is 4.67. The van der Waals surface area contributed by atoms with Gasteiger partial charge in [0.2, 0.25) is 5.95 Å². The van der Waals surface area contributed by atoms with Gasteiger partial charge in [-0.2, -0.15) is 0 Å². The molecule has 9 nitrogen and oxygen atoms in total. The second-order valence-corrected chi connectivity index (χ2v) is 10.7. The highest BCUT2D eigenvalue weighted by Gasteiger charge is 2.16. The van der Waals surface area contributed by atoms with E-state index in [9.17, 15) is 8.42 Å². The molecule has 0 saturated carbocycles. The number of aromatic nitrogens is 3. The molecule has 1 aliphatic rings. The van der Waals surface area contributed by atoms with Crippen molar-refractivity contribution in [2.24, 2.45) is 0 Å². The molecule has 0 atom stereocenters. The Bertz CT molecular complexity index is 1680. The van der Waals surface area contributed by atoms with Crippen LogP contribution in [0, 0.1) is 0 Å². The molecule has 0 spiro atoms. The first kappa shape index (κ1) is 24.0. The third-order valence-corrected chi connectivity index (χ3v) is 7.92. The van der Waals surface area contributed by atoms with Gasteiger partial charge in [0.15, 0.2) is 0 Å². The molecule has 6 rings (SSSR count). The number of sulfonamides is 1. The molecule has 38 heavy (non-hydrogen) atoms. The number of nitrogens with two attached hydrogens (primary N) is 1. The number of ether oxygens (including phenoxy) is 1. The molecule has 3 aromatic carbocycles. The average Bonchev–Trinajstić information content (AvgIpc) is 3.29. The highest BCUT2D eigenvalue weighted by molar-refractivity contribution is 7.92. The Morgan fingerprint density at radius 3 is 2.26 bits per heavy atom. The number of rotatable bonds is 6. The maximum absolute atomic E-state index is 12.6. The molecular weight excluding hydrogens is 500 g/mol. The van der Waals surface area contributed by atoms with E-state index in [4.69, 9.17) is 10.5 Å². The van der Waals surface area contributed by atoms with Crippen LogP contribution in [0.1, 0.15) is 0 Å². The molecule has 0 amide bonds. The van der Waals surface area contributed by atoms with Crippen LogP contribution >= 0.6 is 0 Å². The zero-order chi connectivity index (χ0) is 26.1. The van der Waals surface area contributed by atoms with Gasteiger partial charge in [-0.05, 0) is 66.2 Å². The average molecular weight is 527 g/mol. The number of nitrogens with zero attached hydrogens (tertiary/aromatic N) is 4. The van der Waals surface area contributed by atoms with Gasteiger partial charge in [0.1, 0.15) is 5.82 Å². The summed E-state index contributed by atoms with van der Waals surface area (Å²) in [6.07, 6.45) is 1.64. The molecule has 0 bridgehead atoms. The van der Waals surface area contributed by atoms with Crippen molar-refractivity contribution in [3.63, 3.8) is 0 Å². The molecule has 1 aliphatic heterocycles. The molecule has 0 aliphatic carbocycles. The van der Waals surface area contributed by atoms with Crippen molar-refractivity contribution in [2.75, 3.05) is 41.7 Å². The van der Waals surface area contributed by atoms with E-state index in [0.717, 1.165) is 59.8 Å². The SMILES string of the molecule is Nc1nc2ccc(-c3ccc(NS(=O)(=O)c4ccccc4)nc3)cc2n1-c1ccc(N2CCOCC2)cc1. The van der Waals surface area contributed by atoms with Gasteiger partial charge >= 0.3 is 0 Å². The lowest BCUT2D eigenvalue weighted by Crippen LogP contribution is -2.36. The zero-order valence-corrected chi connectivity index (χ0v) is 21.3. The van der Waals surface area contributed by atoms with Gasteiger partial charge in [0, 0.05) is 36.2 Å².